The number of thiol groups is 1. The molecule has 1 fully saturated rings. The number of carbonyl (C=O) groups is 1. The summed E-state index contributed by atoms with van der Waals surface area (Å²) < 4.78 is 40.7. The van der Waals surface area contributed by atoms with E-state index in [1.165, 1.54) is 12.1 Å². The van der Waals surface area contributed by atoms with Gasteiger partial charge >= 0.3 is 6.18 Å². The third-order valence-electron chi connectivity index (χ3n) is 3.01. The molecule has 1 aromatic rings. The zero-order valence-electron chi connectivity index (χ0n) is 10.6. The Hall–Kier alpha value is -1.37. The van der Waals surface area contributed by atoms with Crippen molar-refractivity contribution in [2.75, 3.05) is 23.8 Å². The van der Waals surface area contributed by atoms with Crippen molar-refractivity contribution in [1.29, 1.82) is 0 Å². The van der Waals surface area contributed by atoms with Gasteiger partial charge in [-0.3, -0.25) is 4.79 Å². The molecule has 1 aromatic carbocycles. The van der Waals surface area contributed by atoms with Crippen LogP contribution in [0.3, 0.4) is 0 Å². The van der Waals surface area contributed by atoms with Crippen LogP contribution in [0.25, 0.3) is 0 Å². The molecule has 110 valence electrons. The molecule has 1 unspecified atom stereocenters. The first-order chi connectivity index (χ1) is 9.39. The van der Waals surface area contributed by atoms with E-state index in [2.05, 4.69) is 17.4 Å². The van der Waals surface area contributed by atoms with Gasteiger partial charge in [-0.25, -0.2) is 0 Å². The summed E-state index contributed by atoms with van der Waals surface area (Å²) in [6, 6.07) is 6.04. The van der Waals surface area contributed by atoms with Crippen molar-refractivity contribution in [1.82, 2.24) is 0 Å². The van der Waals surface area contributed by atoms with Crippen LogP contribution in [0.5, 0.6) is 5.75 Å². The molecule has 0 radical (unpaired) electrons. The van der Waals surface area contributed by atoms with E-state index in [0.29, 0.717) is 24.4 Å². The van der Waals surface area contributed by atoms with Crippen LogP contribution in [0.1, 0.15) is 6.42 Å². The lowest BCUT2D eigenvalue weighted by molar-refractivity contribution is -0.153. The molecule has 0 spiro atoms. The quantitative estimate of drug-likeness (QED) is 0.867. The second-order valence-electron chi connectivity index (χ2n) is 4.65. The maximum atomic E-state index is 12.0. The number of amides is 1. The fourth-order valence-corrected chi connectivity index (χ4v) is 2.29. The van der Waals surface area contributed by atoms with Gasteiger partial charge in [0.1, 0.15) is 5.75 Å². The van der Waals surface area contributed by atoms with Crippen LogP contribution in [0, 0.1) is 5.92 Å². The molecule has 1 atom stereocenters. The first-order valence-electron chi connectivity index (χ1n) is 6.10. The van der Waals surface area contributed by atoms with Crippen LogP contribution in [0.15, 0.2) is 24.3 Å². The second kappa shape index (κ2) is 5.95. The minimum Gasteiger partial charge on any atom is -0.484 e. The normalized spacial score (nSPS) is 19.5. The highest BCUT2D eigenvalue weighted by molar-refractivity contribution is 7.80. The molecule has 2 rings (SSSR count). The SMILES string of the molecule is O=C1CC(CS)CN1c1ccc(OCC(F)(F)F)cc1. The highest BCUT2D eigenvalue weighted by Crippen LogP contribution is 2.27. The van der Waals surface area contributed by atoms with E-state index >= 15 is 0 Å². The number of ether oxygens (including phenoxy) is 1. The van der Waals surface area contributed by atoms with Crippen molar-refractivity contribution in [3.8, 4) is 5.75 Å². The Morgan fingerprint density at radius 3 is 2.45 bits per heavy atom. The van der Waals surface area contributed by atoms with Gasteiger partial charge in [0.2, 0.25) is 5.91 Å². The summed E-state index contributed by atoms with van der Waals surface area (Å²) in [5.41, 5.74) is 0.665. The zero-order chi connectivity index (χ0) is 14.8. The standard InChI is InChI=1S/C13H14F3NO2S/c14-13(15,16)8-19-11-3-1-10(2-4-11)17-6-9(7-20)5-12(17)18/h1-4,9,20H,5-8H2. The van der Waals surface area contributed by atoms with Gasteiger partial charge in [0.25, 0.3) is 0 Å². The predicted molar refractivity (Wildman–Crippen MR) is 72.3 cm³/mol. The summed E-state index contributed by atoms with van der Waals surface area (Å²) in [7, 11) is 0. The Kier molecular flexibility index (Phi) is 4.47. The minimum atomic E-state index is -4.36. The molecule has 1 aliphatic rings. The molecule has 0 aliphatic carbocycles. The van der Waals surface area contributed by atoms with E-state index < -0.39 is 12.8 Å². The van der Waals surface area contributed by atoms with Crippen molar-refractivity contribution < 1.29 is 22.7 Å². The van der Waals surface area contributed by atoms with Crippen molar-refractivity contribution in [3.63, 3.8) is 0 Å². The predicted octanol–water partition coefficient (Wildman–Crippen LogP) is 2.91. The number of hydrogen-bond donors (Lipinski definition) is 1. The fraction of sp³-hybridized carbons (Fsp3) is 0.462. The minimum absolute atomic E-state index is 0.00742. The molecule has 0 N–H and O–H groups in total. The number of rotatable bonds is 4. The molecular weight excluding hydrogens is 291 g/mol. The fourth-order valence-electron chi connectivity index (χ4n) is 2.04. The molecule has 20 heavy (non-hydrogen) atoms. The van der Waals surface area contributed by atoms with Crippen molar-refractivity contribution in [2.24, 2.45) is 5.92 Å². The van der Waals surface area contributed by atoms with E-state index in [4.69, 9.17) is 0 Å². The Morgan fingerprint density at radius 2 is 1.95 bits per heavy atom. The number of alkyl halides is 3. The Bertz CT molecular complexity index is 475. The Labute approximate surface area is 120 Å². The summed E-state index contributed by atoms with van der Waals surface area (Å²) in [5.74, 6) is 0.984. The van der Waals surface area contributed by atoms with Crippen molar-refractivity contribution in [3.05, 3.63) is 24.3 Å². The van der Waals surface area contributed by atoms with Gasteiger partial charge in [-0.05, 0) is 35.9 Å². The van der Waals surface area contributed by atoms with Crippen LogP contribution in [0.4, 0.5) is 18.9 Å². The van der Waals surface area contributed by atoms with Crippen molar-refractivity contribution in [2.45, 2.75) is 12.6 Å². The average molecular weight is 305 g/mol. The molecule has 0 saturated carbocycles. The molecule has 0 aromatic heterocycles. The summed E-state index contributed by atoms with van der Waals surface area (Å²) >= 11 is 4.17. The maximum absolute atomic E-state index is 12.0. The third kappa shape index (κ3) is 3.82. The van der Waals surface area contributed by atoms with E-state index in [-0.39, 0.29) is 17.6 Å². The van der Waals surface area contributed by atoms with E-state index in [0.717, 1.165) is 0 Å². The zero-order valence-corrected chi connectivity index (χ0v) is 11.5. The molecule has 7 heteroatoms. The molecule has 1 heterocycles. The summed E-state index contributed by atoms with van der Waals surface area (Å²) in [4.78, 5) is 13.4. The summed E-state index contributed by atoms with van der Waals surface area (Å²) in [6.07, 6.45) is -3.90. The van der Waals surface area contributed by atoms with Gasteiger partial charge in [-0.2, -0.15) is 25.8 Å². The van der Waals surface area contributed by atoms with Gasteiger partial charge in [0.05, 0.1) is 0 Å². The van der Waals surface area contributed by atoms with Gasteiger partial charge in [-0.1, -0.05) is 0 Å². The molecule has 1 aliphatic heterocycles. The lowest BCUT2D eigenvalue weighted by Crippen LogP contribution is -2.24. The lowest BCUT2D eigenvalue weighted by Gasteiger charge is -2.17. The topological polar surface area (TPSA) is 29.5 Å². The Balaban J connectivity index is 2.00. The number of anilines is 1. The maximum Gasteiger partial charge on any atom is 0.422 e. The Morgan fingerprint density at radius 1 is 1.30 bits per heavy atom. The first-order valence-corrected chi connectivity index (χ1v) is 6.73. The molecule has 3 nitrogen and oxygen atoms in total. The van der Waals surface area contributed by atoms with Crippen LogP contribution in [-0.4, -0.2) is 31.0 Å². The average Bonchev–Trinajstić information content (AvgIpc) is 2.77. The number of nitrogens with zero attached hydrogens (tertiary/aromatic N) is 1. The van der Waals surface area contributed by atoms with Gasteiger partial charge in [0, 0.05) is 18.7 Å². The van der Waals surface area contributed by atoms with Crippen LogP contribution >= 0.6 is 12.6 Å². The van der Waals surface area contributed by atoms with E-state index in [1.54, 1.807) is 17.0 Å². The van der Waals surface area contributed by atoms with Gasteiger partial charge < -0.3 is 9.64 Å². The van der Waals surface area contributed by atoms with Gasteiger partial charge in [-0.15, -0.1) is 0 Å². The van der Waals surface area contributed by atoms with Gasteiger partial charge in [0.15, 0.2) is 6.61 Å². The van der Waals surface area contributed by atoms with E-state index in [9.17, 15) is 18.0 Å². The number of hydrogen-bond acceptors (Lipinski definition) is 3. The molecule has 1 saturated heterocycles. The highest BCUT2D eigenvalue weighted by atomic mass is 32.1. The van der Waals surface area contributed by atoms with Crippen molar-refractivity contribution >= 4 is 24.2 Å². The van der Waals surface area contributed by atoms with E-state index in [1.807, 2.05) is 0 Å². The number of halogens is 3. The molecule has 0 bridgehead atoms. The van der Waals surface area contributed by atoms with Crippen LogP contribution < -0.4 is 9.64 Å². The number of carbonyl (C=O) groups excluding carboxylic acids is 1. The van der Waals surface area contributed by atoms with Crippen LogP contribution in [0.2, 0.25) is 0 Å². The monoisotopic (exact) mass is 305 g/mol. The summed E-state index contributed by atoms with van der Waals surface area (Å²) in [6.45, 7) is -0.734. The largest absolute Gasteiger partial charge is 0.484 e. The third-order valence-corrected chi connectivity index (χ3v) is 3.53. The highest BCUT2D eigenvalue weighted by Gasteiger charge is 2.30. The molecular formula is C13H14F3NO2S. The summed E-state index contributed by atoms with van der Waals surface area (Å²) in [5, 5.41) is 0. The second-order valence-corrected chi connectivity index (χ2v) is 5.02. The molecule has 1 amide bonds. The van der Waals surface area contributed by atoms with Crippen LogP contribution in [-0.2, 0) is 4.79 Å². The number of benzene rings is 1. The lowest BCUT2D eigenvalue weighted by atomic mass is 10.1. The smallest absolute Gasteiger partial charge is 0.422 e. The first kappa shape index (κ1) is 15.0.